The van der Waals surface area contributed by atoms with Gasteiger partial charge in [0.05, 0.1) is 15.6 Å². The molecule has 2 aliphatic rings. The van der Waals surface area contributed by atoms with Crippen molar-refractivity contribution >= 4 is 46.7 Å². The first kappa shape index (κ1) is 22.6. The summed E-state index contributed by atoms with van der Waals surface area (Å²) in [6.45, 7) is 1.84. The molecule has 1 aromatic rings. The molecule has 0 radical (unpaired) electrons. The number of carboxylic acid groups (broad SMARTS) is 1. The van der Waals surface area contributed by atoms with E-state index in [1.807, 2.05) is 0 Å². The number of halogens is 2. The van der Waals surface area contributed by atoms with E-state index in [0.29, 0.717) is 29.8 Å². The average Bonchev–Trinajstić information content (AvgIpc) is 2.73. The Morgan fingerprint density at radius 3 is 2.71 bits per heavy atom. The van der Waals surface area contributed by atoms with Crippen molar-refractivity contribution in [2.45, 2.75) is 25.9 Å². The van der Waals surface area contributed by atoms with E-state index in [1.165, 1.54) is 17.9 Å². The van der Waals surface area contributed by atoms with Crippen LogP contribution in [-0.4, -0.2) is 46.1 Å². The van der Waals surface area contributed by atoms with Crippen LogP contribution in [0.4, 0.5) is 0 Å². The second-order valence-electron chi connectivity index (χ2n) is 7.07. The smallest absolute Gasteiger partial charge is 0.325 e. The van der Waals surface area contributed by atoms with Crippen LogP contribution in [-0.2, 0) is 22.6 Å². The van der Waals surface area contributed by atoms with E-state index in [1.54, 1.807) is 30.5 Å². The third-order valence-electron chi connectivity index (χ3n) is 4.90. The van der Waals surface area contributed by atoms with E-state index < -0.39 is 23.8 Å². The minimum absolute atomic E-state index is 0.00986. The van der Waals surface area contributed by atoms with E-state index in [-0.39, 0.29) is 27.9 Å². The van der Waals surface area contributed by atoms with Gasteiger partial charge >= 0.3 is 5.97 Å². The number of fused-ring (bicyclic) bond motifs is 1. The summed E-state index contributed by atoms with van der Waals surface area (Å²) in [6.07, 6.45) is 8.88. The Kier molecular flexibility index (Phi) is 6.82. The van der Waals surface area contributed by atoms with E-state index in [2.05, 4.69) is 10.6 Å². The zero-order chi connectivity index (χ0) is 22.7. The molecule has 0 aliphatic carbocycles. The molecule has 162 valence electrons. The second-order valence-corrected chi connectivity index (χ2v) is 7.86. The number of carboxylic acids is 1. The number of nitrogens with zero attached hydrogens (tertiary/aromatic N) is 1. The van der Waals surface area contributed by atoms with Crippen LogP contribution in [0.1, 0.15) is 28.4 Å². The fraction of sp³-hybridized carbons (Fsp3) is 0.238. The van der Waals surface area contributed by atoms with Gasteiger partial charge in [-0.3, -0.25) is 19.8 Å². The van der Waals surface area contributed by atoms with Crippen LogP contribution >= 0.6 is 23.2 Å². The molecule has 2 amide bonds. The zero-order valence-corrected chi connectivity index (χ0v) is 18.0. The first-order valence-electron chi connectivity index (χ1n) is 9.41. The number of hydrogen-bond acceptors (Lipinski definition) is 5. The number of dihydropyridines is 1. The van der Waals surface area contributed by atoms with Gasteiger partial charge in [-0.25, -0.2) is 0 Å². The molecule has 31 heavy (non-hydrogen) atoms. The topological polar surface area (TPSA) is 123 Å². The summed E-state index contributed by atoms with van der Waals surface area (Å²) in [5.74, 6) is -2.30. The monoisotopic (exact) mass is 462 g/mol. The summed E-state index contributed by atoms with van der Waals surface area (Å²) in [5, 5.41) is 22.6. The van der Waals surface area contributed by atoms with Crippen LogP contribution < -0.4 is 10.6 Å². The summed E-state index contributed by atoms with van der Waals surface area (Å²) < 4.78 is 0. The summed E-state index contributed by atoms with van der Waals surface area (Å²) in [5.41, 5.74) is 1.83. The average molecular weight is 463 g/mol. The van der Waals surface area contributed by atoms with Crippen molar-refractivity contribution in [3.8, 4) is 0 Å². The van der Waals surface area contributed by atoms with Gasteiger partial charge in [0.25, 0.3) is 11.8 Å². The van der Waals surface area contributed by atoms with E-state index in [4.69, 9.17) is 33.7 Å². The van der Waals surface area contributed by atoms with Gasteiger partial charge in [0.2, 0.25) is 0 Å². The quantitative estimate of drug-likeness (QED) is 0.500. The number of hydrogen-bond donors (Lipinski definition) is 4. The Balaban J connectivity index is 1.79. The summed E-state index contributed by atoms with van der Waals surface area (Å²) in [6, 6.07) is 0.453. The van der Waals surface area contributed by atoms with Gasteiger partial charge in [0, 0.05) is 25.0 Å². The Bertz CT molecular complexity index is 1060. The van der Waals surface area contributed by atoms with Crippen molar-refractivity contribution < 1.29 is 19.5 Å². The molecule has 3 rings (SSSR count). The van der Waals surface area contributed by atoms with E-state index in [9.17, 15) is 14.4 Å². The van der Waals surface area contributed by atoms with Gasteiger partial charge in [-0.05, 0) is 48.8 Å². The fourth-order valence-corrected chi connectivity index (χ4v) is 4.01. The van der Waals surface area contributed by atoms with E-state index in [0.717, 1.165) is 0 Å². The lowest BCUT2D eigenvalue weighted by molar-refractivity contribution is -0.138. The maximum atomic E-state index is 12.7. The highest BCUT2D eigenvalue weighted by molar-refractivity contribution is 6.42. The summed E-state index contributed by atoms with van der Waals surface area (Å²) >= 11 is 12.7. The molecule has 0 unspecified atom stereocenters. The highest BCUT2D eigenvalue weighted by Crippen LogP contribution is 2.34. The van der Waals surface area contributed by atoms with Gasteiger partial charge < -0.3 is 20.6 Å². The first-order chi connectivity index (χ1) is 14.7. The SMILES string of the molecule is C[C@H](NC(=O)c1c(Cl)cc2c(c1Cl)CCN(C(=O)C(=N)/C=C1/C=CC=CN1)C2)C(=O)O. The van der Waals surface area contributed by atoms with Crippen LogP contribution in [0.5, 0.6) is 0 Å². The molecule has 0 saturated heterocycles. The molecule has 10 heteroatoms. The van der Waals surface area contributed by atoms with Crippen molar-refractivity contribution in [2.24, 2.45) is 0 Å². The predicted molar refractivity (Wildman–Crippen MR) is 117 cm³/mol. The van der Waals surface area contributed by atoms with Crippen molar-refractivity contribution in [1.82, 2.24) is 15.5 Å². The van der Waals surface area contributed by atoms with E-state index >= 15 is 0 Å². The van der Waals surface area contributed by atoms with Crippen LogP contribution in [0.25, 0.3) is 0 Å². The molecule has 2 heterocycles. The number of nitrogens with one attached hydrogen (secondary N) is 3. The number of allylic oxidation sites excluding steroid dienone is 3. The third-order valence-corrected chi connectivity index (χ3v) is 5.62. The molecule has 0 aromatic heterocycles. The largest absolute Gasteiger partial charge is 0.480 e. The lowest BCUT2D eigenvalue weighted by Crippen LogP contribution is -2.40. The maximum absolute atomic E-state index is 12.7. The van der Waals surface area contributed by atoms with Gasteiger partial charge in [-0.15, -0.1) is 0 Å². The lowest BCUT2D eigenvalue weighted by Gasteiger charge is -2.30. The Morgan fingerprint density at radius 1 is 1.32 bits per heavy atom. The van der Waals surface area contributed by atoms with Gasteiger partial charge in [-0.1, -0.05) is 29.3 Å². The third kappa shape index (κ3) is 4.98. The predicted octanol–water partition coefficient (Wildman–Crippen LogP) is 2.66. The minimum atomic E-state index is -1.18. The molecular formula is C21H20Cl2N4O4. The Hall–Kier alpha value is -3.10. The first-order valence-corrected chi connectivity index (χ1v) is 10.2. The molecule has 2 aliphatic heterocycles. The number of benzene rings is 1. The number of amides is 2. The normalized spacial score (nSPS) is 17.0. The second kappa shape index (κ2) is 9.36. The van der Waals surface area contributed by atoms with Gasteiger partial charge in [0.1, 0.15) is 11.8 Å². The number of aliphatic carboxylic acids is 1. The van der Waals surface area contributed by atoms with Crippen LogP contribution in [0, 0.1) is 5.41 Å². The number of carbonyl (C=O) groups excluding carboxylic acids is 2. The highest BCUT2D eigenvalue weighted by Gasteiger charge is 2.29. The summed E-state index contributed by atoms with van der Waals surface area (Å²) in [7, 11) is 0. The van der Waals surface area contributed by atoms with Crippen LogP contribution in [0.3, 0.4) is 0 Å². The molecular weight excluding hydrogens is 443 g/mol. The number of carbonyl (C=O) groups is 3. The Morgan fingerprint density at radius 2 is 2.06 bits per heavy atom. The molecule has 1 atom stereocenters. The zero-order valence-electron chi connectivity index (χ0n) is 16.5. The molecule has 0 spiro atoms. The highest BCUT2D eigenvalue weighted by atomic mass is 35.5. The minimum Gasteiger partial charge on any atom is -0.480 e. The number of rotatable bonds is 5. The van der Waals surface area contributed by atoms with Gasteiger partial charge in [-0.2, -0.15) is 0 Å². The fourth-order valence-electron chi connectivity index (χ4n) is 3.25. The van der Waals surface area contributed by atoms with Crippen molar-refractivity contribution in [1.29, 1.82) is 5.41 Å². The van der Waals surface area contributed by atoms with Crippen molar-refractivity contribution in [3.63, 3.8) is 0 Å². The maximum Gasteiger partial charge on any atom is 0.325 e. The van der Waals surface area contributed by atoms with Crippen molar-refractivity contribution in [2.75, 3.05) is 6.54 Å². The van der Waals surface area contributed by atoms with Crippen LogP contribution in [0.15, 0.2) is 42.3 Å². The molecule has 4 N–H and O–H groups in total. The molecule has 0 bridgehead atoms. The molecule has 8 nitrogen and oxygen atoms in total. The summed E-state index contributed by atoms with van der Waals surface area (Å²) in [4.78, 5) is 37.7. The molecule has 0 saturated carbocycles. The van der Waals surface area contributed by atoms with Gasteiger partial charge in [0.15, 0.2) is 0 Å². The Labute approximate surface area is 188 Å². The van der Waals surface area contributed by atoms with Crippen molar-refractivity contribution in [3.05, 3.63) is 69.0 Å². The molecule has 1 aromatic carbocycles. The standard InChI is InChI=1S/C21H20Cl2N4O4/c1-11(21(30)31)26-19(28)17-15(22)8-12-10-27(7-5-14(12)18(17)23)20(29)16(24)9-13-4-2-3-6-25-13/h2-4,6,8-9,11,24-25H,5,7,10H2,1H3,(H,26,28)(H,30,31)/b13-9-,24-16?/t11-/m0/s1. The lowest BCUT2D eigenvalue weighted by atomic mass is 9.96. The van der Waals surface area contributed by atoms with Crippen LogP contribution in [0.2, 0.25) is 10.0 Å². The molecule has 0 fully saturated rings.